The molecule has 0 spiro atoms. The van der Waals surface area contributed by atoms with E-state index in [1.54, 1.807) is 0 Å². The van der Waals surface area contributed by atoms with E-state index >= 15 is 0 Å². The molecule has 0 bridgehead atoms. The van der Waals surface area contributed by atoms with Crippen LogP contribution >= 0.6 is 0 Å². The van der Waals surface area contributed by atoms with E-state index in [9.17, 15) is 19.8 Å². The first-order valence-corrected chi connectivity index (χ1v) is 13.5. The van der Waals surface area contributed by atoms with Gasteiger partial charge in [0.1, 0.15) is 31.0 Å². The normalized spacial score (nSPS) is 28.2. The molecule has 10 nitrogen and oxygen atoms in total. The highest BCUT2D eigenvalue weighted by atomic mass is 16.7. The van der Waals surface area contributed by atoms with Gasteiger partial charge in [-0.15, -0.1) is 0 Å². The molecule has 2 aromatic rings. The molecular weight excluding hydrogens is 504 g/mol. The number of ether oxygens (including phenoxy) is 4. The van der Waals surface area contributed by atoms with Gasteiger partial charge < -0.3 is 39.8 Å². The summed E-state index contributed by atoms with van der Waals surface area (Å²) in [5, 5.41) is 26.8. The molecule has 2 unspecified atom stereocenters. The molecule has 2 amide bonds. The van der Waals surface area contributed by atoms with Crippen molar-refractivity contribution in [1.82, 2.24) is 10.6 Å². The molecule has 7 atom stereocenters. The lowest BCUT2D eigenvalue weighted by atomic mass is 9.90. The Bertz CT molecular complexity index is 1040. The number of hydrogen-bond donors (Lipinski definition) is 4. The van der Waals surface area contributed by atoms with Crippen molar-refractivity contribution in [2.45, 2.75) is 88.7 Å². The van der Waals surface area contributed by atoms with Gasteiger partial charge in [0.2, 0.25) is 5.91 Å². The van der Waals surface area contributed by atoms with Crippen molar-refractivity contribution in [3.05, 3.63) is 71.8 Å². The zero-order valence-corrected chi connectivity index (χ0v) is 22.1. The molecule has 0 radical (unpaired) electrons. The second-order valence-electron chi connectivity index (χ2n) is 9.92. The first-order valence-electron chi connectivity index (χ1n) is 13.5. The Hall–Kier alpha value is -3.02. The fourth-order valence-electron chi connectivity index (χ4n) is 4.94. The number of amides is 2. The smallest absolute Gasteiger partial charge is 0.407 e. The minimum absolute atomic E-state index is 0.237. The number of benzene rings is 2. The van der Waals surface area contributed by atoms with Crippen LogP contribution in [-0.2, 0) is 30.3 Å². The fraction of sp³-hybridized carbons (Fsp3) is 0.517. The van der Waals surface area contributed by atoms with Crippen LogP contribution < -0.4 is 10.6 Å². The maximum Gasteiger partial charge on any atom is 0.407 e. The third kappa shape index (κ3) is 8.23. The minimum atomic E-state index is -1.39. The van der Waals surface area contributed by atoms with E-state index in [1.165, 1.54) is 6.92 Å². The fourth-order valence-corrected chi connectivity index (χ4v) is 4.94. The van der Waals surface area contributed by atoms with Gasteiger partial charge in [-0.1, -0.05) is 79.9 Å². The van der Waals surface area contributed by atoms with Crippen molar-refractivity contribution in [3.8, 4) is 0 Å². The molecule has 4 rings (SSSR count). The molecule has 2 aromatic carbocycles. The van der Waals surface area contributed by atoms with Crippen LogP contribution in [0.3, 0.4) is 0 Å². The molecule has 4 N–H and O–H groups in total. The molecule has 39 heavy (non-hydrogen) atoms. The number of aliphatic hydroxyl groups is 2. The molecule has 2 aliphatic rings. The van der Waals surface area contributed by atoms with Crippen molar-refractivity contribution in [3.63, 3.8) is 0 Å². The van der Waals surface area contributed by atoms with Gasteiger partial charge in [-0.25, -0.2) is 4.79 Å². The van der Waals surface area contributed by atoms with E-state index in [4.69, 9.17) is 18.9 Å². The first kappa shape index (κ1) is 29.0. The van der Waals surface area contributed by atoms with Crippen LogP contribution in [0.2, 0.25) is 0 Å². The lowest BCUT2D eigenvalue weighted by Gasteiger charge is -2.49. The summed E-state index contributed by atoms with van der Waals surface area (Å²) in [5.74, 6) is -0.387. The van der Waals surface area contributed by atoms with Gasteiger partial charge in [0.25, 0.3) is 0 Å². The van der Waals surface area contributed by atoms with Crippen molar-refractivity contribution in [1.29, 1.82) is 0 Å². The predicted molar refractivity (Wildman–Crippen MR) is 141 cm³/mol. The Morgan fingerprint density at radius 2 is 1.56 bits per heavy atom. The minimum Gasteiger partial charge on any atom is -0.445 e. The summed E-state index contributed by atoms with van der Waals surface area (Å²) < 4.78 is 23.4. The van der Waals surface area contributed by atoms with E-state index in [-0.39, 0.29) is 12.5 Å². The summed E-state index contributed by atoms with van der Waals surface area (Å²) in [7, 11) is 0. The van der Waals surface area contributed by atoms with Gasteiger partial charge in [-0.05, 0) is 18.4 Å². The molecule has 0 aliphatic carbocycles. The third-order valence-corrected chi connectivity index (χ3v) is 6.92. The summed E-state index contributed by atoms with van der Waals surface area (Å²) in [4.78, 5) is 23.5. The summed E-state index contributed by atoms with van der Waals surface area (Å²) in [6.45, 7) is 2.07. The summed E-state index contributed by atoms with van der Waals surface area (Å²) in [6.07, 6.45) is -1.57. The Kier molecular flexibility index (Phi) is 10.7. The molecule has 0 aromatic heterocycles. The number of hydrogen-bond acceptors (Lipinski definition) is 8. The average molecular weight is 543 g/mol. The second kappa shape index (κ2) is 14.4. The van der Waals surface area contributed by atoms with Crippen molar-refractivity contribution in [2.24, 2.45) is 0 Å². The molecule has 212 valence electrons. The van der Waals surface area contributed by atoms with E-state index < -0.39 is 49.1 Å². The van der Waals surface area contributed by atoms with Crippen LogP contribution in [0.25, 0.3) is 0 Å². The molecule has 2 fully saturated rings. The highest BCUT2D eigenvalue weighted by Gasteiger charge is 2.52. The number of carbonyl (C=O) groups is 2. The first-order chi connectivity index (χ1) is 18.9. The number of alkyl carbamates (subject to hydrolysis) is 1. The standard InChI is InChI=1S/C29H38N2O8/c1-19(32)31-23-24(33)26-25(38-27(23)34)22(37-28(39-26)21-14-8-5-9-15-21)16-10-2-3-11-17-30-29(35)36-18-20-12-6-4-7-13-20/h4-9,12-15,22-28,33-34H,2-3,10-11,16-18H2,1H3,(H,30,35)(H,31,32)/t22?,23-,24-,25-,26+,27-,28?/m1/s1. The maximum atomic E-state index is 11.9. The largest absolute Gasteiger partial charge is 0.445 e. The van der Waals surface area contributed by atoms with Crippen LogP contribution in [0.15, 0.2) is 60.7 Å². The van der Waals surface area contributed by atoms with E-state index in [2.05, 4.69) is 10.6 Å². The zero-order valence-electron chi connectivity index (χ0n) is 22.1. The Morgan fingerprint density at radius 1 is 0.872 bits per heavy atom. The van der Waals surface area contributed by atoms with Crippen LogP contribution in [0, 0.1) is 0 Å². The number of carbonyl (C=O) groups excluding carboxylic acids is 2. The molecule has 10 heteroatoms. The molecule has 0 saturated carbocycles. The summed E-state index contributed by atoms with van der Waals surface area (Å²) in [6, 6.07) is 17.9. The van der Waals surface area contributed by atoms with Gasteiger partial charge in [0.05, 0.1) is 6.10 Å². The number of fused-ring (bicyclic) bond motifs is 1. The predicted octanol–water partition coefficient (Wildman–Crippen LogP) is 2.93. The maximum absolute atomic E-state index is 11.9. The zero-order chi connectivity index (χ0) is 27.6. The van der Waals surface area contributed by atoms with Gasteiger partial charge in [0.15, 0.2) is 12.6 Å². The summed E-state index contributed by atoms with van der Waals surface area (Å²) in [5.41, 5.74) is 1.74. The Balaban J connectivity index is 1.24. The van der Waals surface area contributed by atoms with Crippen LogP contribution in [0.5, 0.6) is 0 Å². The van der Waals surface area contributed by atoms with Crippen molar-refractivity contribution >= 4 is 12.0 Å². The summed E-state index contributed by atoms with van der Waals surface area (Å²) >= 11 is 0. The number of nitrogens with one attached hydrogen (secondary N) is 2. The molecule has 2 saturated heterocycles. The number of aliphatic hydroxyl groups excluding tert-OH is 2. The average Bonchev–Trinajstić information content (AvgIpc) is 2.94. The topological polar surface area (TPSA) is 136 Å². The second-order valence-corrected chi connectivity index (χ2v) is 9.92. The van der Waals surface area contributed by atoms with Crippen LogP contribution in [-0.4, -0.2) is 65.5 Å². The highest BCUT2D eigenvalue weighted by molar-refractivity contribution is 5.73. The van der Waals surface area contributed by atoms with Crippen LogP contribution in [0.4, 0.5) is 4.79 Å². The lowest BCUT2D eigenvalue weighted by Crippen LogP contribution is -2.68. The highest BCUT2D eigenvalue weighted by Crippen LogP contribution is 2.38. The lowest BCUT2D eigenvalue weighted by molar-refractivity contribution is -0.360. The van der Waals surface area contributed by atoms with Gasteiger partial charge >= 0.3 is 6.09 Å². The third-order valence-electron chi connectivity index (χ3n) is 6.92. The van der Waals surface area contributed by atoms with Crippen molar-refractivity contribution in [2.75, 3.05) is 6.54 Å². The monoisotopic (exact) mass is 542 g/mol. The van der Waals surface area contributed by atoms with E-state index in [0.717, 1.165) is 36.8 Å². The SMILES string of the molecule is CC(=O)N[C@@H]1[C@@H](O)[C@@H]2OC(c3ccccc3)OC(CCCCCCNC(=O)OCc3ccccc3)[C@H]2O[C@H]1O. The van der Waals surface area contributed by atoms with Gasteiger partial charge in [-0.3, -0.25) is 4.79 Å². The quantitative estimate of drug-likeness (QED) is 0.318. The molecule has 2 heterocycles. The van der Waals surface area contributed by atoms with Gasteiger partial charge in [0, 0.05) is 19.0 Å². The van der Waals surface area contributed by atoms with Crippen molar-refractivity contribution < 1.29 is 38.7 Å². The number of rotatable bonds is 11. The van der Waals surface area contributed by atoms with E-state index in [0.29, 0.717) is 13.0 Å². The van der Waals surface area contributed by atoms with Gasteiger partial charge in [-0.2, -0.15) is 0 Å². The molecule has 2 aliphatic heterocycles. The molecular formula is C29H38N2O8. The Morgan fingerprint density at radius 3 is 2.28 bits per heavy atom. The Labute approximate surface area is 228 Å². The van der Waals surface area contributed by atoms with Crippen LogP contribution in [0.1, 0.15) is 56.4 Å². The van der Waals surface area contributed by atoms with E-state index in [1.807, 2.05) is 60.7 Å². The number of unbranched alkanes of at least 4 members (excludes halogenated alkanes) is 3.